The molecule has 0 bridgehead atoms. The highest BCUT2D eigenvalue weighted by atomic mass is 16.2. The van der Waals surface area contributed by atoms with Gasteiger partial charge in [-0.3, -0.25) is 14.6 Å². The van der Waals surface area contributed by atoms with E-state index in [4.69, 9.17) is 5.26 Å². The van der Waals surface area contributed by atoms with Gasteiger partial charge in [0.25, 0.3) is 0 Å². The number of amides is 1. The number of nitrogens with one attached hydrogen (secondary N) is 1. The largest absolute Gasteiger partial charge is 0.352 e. The minimum Gasteiger partial charge on any atom is -0.352 e. The Balaban J connectivity index is 2.24. The van der Waals surface area contributed by atoms with E-state index in [0.717, 1.165) is 39.0 Å². The number of hydrogen-bond acceptors (Lipinski definition) is 4. The highest BCUT2D eigenvalue weighted by molar-refractivity contribution is 5.78. The molecule has 5 heteroatoms. The molecular weight excluding hydrogens is 228 g/mol. The number of piperazine rings is 1. The van der Waals surface area contributed by atoms with Crippen molar-refractivity contribution in [3.8, 4) is 6.07 Å². The van der Waals surface area contributed by atoms with Crippen LogP contribution in [0, 0.1) is 11.3 Å². The normalized spacial score (nSPS) is 17.7. The van der Waals surface area contributed by atoms with Crippen LogP contribution in [0.5, 0.6) is 0 Å². The van der Waals surface area contributed by atoms with Crippen LogP contribution >= 0.6 is 0 Å². The molecule has 0 saturated carbocycles. The lowest BCUT2D eigenvalue weighted by Gasteiger charge is -2.33. The molecule has 1 saturated heterocycles. The van der Waals surface area contributed by atoms with Crippen LogP contribution in [0.1, 0.15) is 26.7 Å². The molecule has 0 atom stereocenters. The van der Waals surface area contributed by atoms with Gasteiger partial charge in [0.05, 0.1) is 19.2 Å². The Bertz CT molecular complexity index is 288. The van der Waals surface area contributed by atoms with Crippen molar-refractivity contribution >= 4 is 5.91 Å². The molecular formula is C13H24N4O. The maximum Gasteiger partial charge on any atom is 0.234 e. The van der Waals surface area contributed by atoms with Gasteiger partial charge < -0.3 is 5.32 Å². The molecule has 0 aromatic heterocycles. The molecule has 5 nitrogen and oxygen atoms in total. The van der Waals surface area contributed by atoms with Gasteiger partial charge in [0, 0.05) is 32.2 Å². The first-order chi connectivity index (χ1) is 8.69. The van der Waals surface area contributed by atoms with Crippen molar-refractivity contribution in [3.05, 3.63) is 0 Å². The van der Waals surface area contributed by atoms with E-state index in [0.29, 0.717) is 19.1 Å². The van der Waals surface area contributed by atoms with Crippen molar-refractivity contribution in [2.75, 3.05) is 39.3 Å². The molecule has 1 aliphatic heterocycles. The molecule has 0 aromatic rings. The Morgan fingerprint density at radius 1 is 1.22 bits per heavy atom. The van der Waals surface area contributed by atoms with E-state index in [1.807, 2.05) is 0 Å². The number of carbonyl (C=O) groups is 1. The number of hydrogen-bond donors (Lipinski definition) is 1. The summed E-state index contributed by atoms with van der Waals surface area (Å²) in [6.07, 6.45) is 1.97. The van der Waals surface area contributed by atoms with E-state index in [9.17, 15) is 4.79 Å². The van der Waals surface area contributed by atoms with E-state index in [1.165, 1.54) is 0 Å². The molecule has 1 aliphatic rings. The summed E-state index contributed by atoms with van der Waals surface area (Å²) in [5.74, 6) is 0.123. The molecule has 1 fully saturated rings. The van der Waals surface area contributed by atoms with E-state index in [1.54, 1.807) is 0 Å². The van der Waals surface area contributed by atoms with Crippen LogP contribution in [-0.2, 0) is 4.79 Å². The second-order valence-corrected chi connectivity index (χ2v) is 4.79. The third kappa shape index (κ3) is 5.03. The van der Waals surface area contributed by atoms with E-state index < -0.39 is 0 Å². The third-order valence-corrected chi connectivity index (χ3v) is 3.48. The van der Waals surface area contributed by atoms with Crippen molar-refractivity contribution in [2.45, 2.75) is 32.7 Å². The summed E-state index contributed by atoms with van der Waals surface area (Å²) in [7, 11) is 0. The van der Waals surface area contributed by atoms with Crippen molar-refractivity contribution in [3.63, 3.8) is 0 Å². The zero-order valence-electron chi connectivity index (χ0n) is 11.5. The molecule has 1 rings (SSSR count). The Hall–Kier alpha value is -1.12. The lowest BCUT2D eigenvalue weighted by molar-refractivity contribution is -0.123. The zero-order chi connectivity index (χ0) is 13.4. The number of carbonyl (C=O) groups excluding carboxylic acids is 1. The number of nitriles is 1. The number of nitrogens with zero attached hydrogens (tertiary/aromatic N) is 3. The SMILES string of the molecule is CCC(CC)NC(=O)CN1CCN(CC#N)CC1. The molecule has 1 N–H and O–H groups in total. The minimum absolute atomic E-state index is 0.123. The second-order valence-electron chi connectivity index (χ2n) is 4.79. The second kappa shape index (κ2) is 8.06. The van der Waals surface area contributed by atoms with Crippen molar-refractivity contribution < 1.29 is 4.79 Å². The summed E-state index contributed by atoms with van der Waals surface area (Å²) >= 11 is 0. The van der Waals surface area contributed by atoms with Crippen LogP contribution in [0.15, 0.2) is 0 Å². The van der Waals surface area contributed by atoms with Gasteiger partial charge in [0.1, 0.15) is 0 Å². The third-order valence-electron chi connectivity index (χ3n) is 3.48. The zero-order valence-corrected chi connectivity index (χ0v) is 11.5. The van der Waals surface area contributed by atoms with Gasteiger partial charge in [-0.1, -0.05) is 13.8 Å². The summed E-state index contributed by atoms with van der Waals surface area (Å²) in [6, 6.07) is 2.47. The Morgan fingerprint density at radius 3 is 2.28 bits per heavy atom. The smallest absolute Gasteiger partial charge is 0.234 e. The predicted molar refractivity (Wildman–Crippen MR) is 71.0 cm³/mol. The summed E-state index contributed by atoms with van der Waals surface area (Å²) in [6.45, 7) is 8.67. The first-order valence-corrected chi connectivity index (χ1v) is 6.80. The quantitative estimate of drug-likeness (QED) is 0.697. The van der Waals surface area contributed by atoms with Crippen molar-refractivity contribution in [1.82, 2.24) is 15.1 Å². The fourth-order valence-corrected chi connectivity index (χ4v) is 2.17. The average Bonchev–Trinajstić information content (AvgIpc) is 2.38. The van der Waals surface area contributed by atoms with Gasteiger partial charge in [-0.05, 0) is 12.8 Å². The lowest BCUT2D eigenvalue weighted by atomic mass is 10.2. The van der Waals surface area contributed by atoms with Crippen LogP contribution < -0.4 is 5.32 Å². The first-order valence-electron chi connectivity index (χ1n) is 6.80. The monoisotopic (exact) mass is 252 g/mol. The highest BCUT2D eigenvalue weighted by Gasteiger charge is 2.19. The van der Waals surface area contributed by atoms with Gasteiger partial charge in [-0.2, -0.15) is 5.26 Å². The van der Waals surface area contributed by atoms with Gasteiger partial charge in [0.2, 0.25) is 5.91 Å². The molecule has 102 valence electrons. The fraction of sp³-hybridized carbons (Fsp3) is 0.846. The van der Waals surface area contributed by atoms with Crippen LogP contribution in [0.2, 0.25) is 0 Å². The minimum atomic E-state index is 0.123. The predicted octanol–water partition coefficient (Wildman–Crippen LogP) is 0.432. The summed E-state index contributed by atoms with van der Waals surface area (Å²) < 4.78 is 0. The standard InChI is InChI=1S/C13H24N4O/c1-3-12(4-2)15-13(18)11-17-9-7-16(6-5-14)8-10-17/h12H,3-4,6-11H2,1-2H3,(H,15,18). The van der Waals surface area contributed by atoms with E-state index >= 15 is 0 Å². The van der Waals surface area contributed by atoms with Crippen molar-refractivity contribution in [2.24, 2.45) is 0 Å². The maximum atomic E-state index is 11.8. The van der Waals surface area contributed by atoms with Gasteiger partial charge >= 0.3 is 0 Å². The lowest BCUT2D eigenvalue weighted by Crippen LogP contribution is -2.50. The van der Waals surface area contributed by atoms with E-state index in [2.05, 4.69) is 35.0 Å². The molecule has 1 heterocycles. The van der Waals surface area contributed by atoms with Crippen LogP contribution in [0.4, 0.5) is 0 Å². The molecule has 0 aliphatic carbocycles. The van der Waals surface area contributed by atoms with E-state index in [-0.39, 0.29) is 5.91 Å². The van der Waals surface area contributed by atoms with Gasteiger partial charge in [-0.15, -0.1) is 0 Å². The van der Waals surface area contributed by atoms with Crippen molar-refractivity contribution in [1.29, 1.82) is 5.26 Å². The Labute approximate surface area is 110 Å². The van der Waals surface area contributed by atoms with Gasteiger partial charge in [0.15, 0.2) is 0 Å². The van der Waals surface area contributed by atoms with Crippen LogP contribution in [0.3, 0.4) is 0 Å². The average molecular weight is 252 g/mol. The topological polar surface area (TPSA) is 59.4 Å². The first kappa shape index (κ1) is 14.9. The molecule has 0 aromatic carbocycles. The summed E-state index contributed by atoms with van der Waals surface area (Å²) in [5, 5.41) is 11.7. The maximum absolute atomic E-state index is 11.8. The molecule has 0 radical (unpaired) electrons. The molecule has 18 heavy (non-hydrogen) atoms. The summed E-state index contributed by atoms with van der Waals surface area (Å²) in [5.41, 5.74) is 0. The Kier molecular flexibility index (Phi) is 6.69. The molecule has 0 spiro atoms. The molecule has 1 amide bonds. The summed E-state index contributed by atoms with van der Waals surface area (Å²) in [4.78, 5) is 16.1. The number of rotatable bonds is 6. The van der Waals surface area contributed by atoms with Crippen LogP contribution in [0.25, 0.3) is 0 Å². The Morgan fingerprint density at radius 2 is 1.78 bits per heavy atom. The molecule has 0 unspecified atom stereocenters. The van der Waals surface area contributed by atoms with Gasteiger partial charge in [-0.25, -0.2) is 0 Å². The highest BCUT2D eigenvalue weighted by Crippen LogP contribution is 2.01. The fourth-order valence-electron chi connectivity index (χ4n) is 2.17. The van der Waals surface area contributed by atoms with Crippen LogP contribution in [-0.4, -0.2) is 61.0 Å².